The zero-order chi connectivity index (χ0) is 23.8. The number of hydrogen-bond acceptors (Lipinski definition) is 4. The highest BCUT2D eigenvalue weighted by Crippen LogP contribution is 2.40. The maximum absolute atomic E-state index is 13.2. The number of likely N-dealkylation sites (tertiary alicyclic amines) is 1. The van der Waals surface area contributed by atoms with Crippen LogP contribution in [-0.4, -0.2) is 49.8 Å². The molecule has 0 saturated carbocycles. The Hall–Kier alpha value is -3.74. The highest BCUT2D eigenvalue weighted by atomic mass is 16.5. The lowest BCUT2D eigenvalue weighted by atomic mass is 9.80. The molecule has 2 aliphatic rings. The minimum atomic E-state index is -0.136. The van der Waals surface area contributed by atoms with E-state index in [1.165, 1.54) is 0 Å². The number of nitrogens with zero attached hydrogens (tertiary/aromatic N) is 3. The van der Waals surface area contributed by atoms with Crippen molar-refractivity contribution in [2.45, 2.75) is 18.9 Å². The molecule has 2 bridgehead atoms. The number of fused-ring (bicyclic) bond motifs is 4. The number of ether oxygens (including phenoxy) is 1. The summed E-state index contributed by atoms with van der Waals surface area (Å²) in [6.07, 6.45) is 0.977. The number of carbonyl (C=O) groups is 1. The second-order valence-corrected chi connectivity index (χ2v) is 9.36. The van der Waals surface area contributed by atoms with E-state index < -0.39 is 0 Å². The van der Waals surface area contributed by atoms with Gasteiger partial charge in [-0.05, 0) is 48.2 Å². The SMILES string of the molecule is COc1ccccc1NC(=O)N1C[C@@H]2C[C@H](C1)c1c(-c3ccc(N(C)C)cc3)ccc(=O)n1C2. The first-order valence-corrected chi connectivity index (χ1v) is 11.6. The molecular formula is C27H30N4O3. The average molecular weight is 459 g/mol. The minimum absolute atomic E-state index is 0.0327. The van der Waals surface area contributed by atoms with Gasteiger partial charge in [-0.2, -0.15) is 0 Å². The van der Waals surface area contributed by atoms with Crippen molar-refractivity contribution < 1.29 is 9.53 Å². The number of para-hydroxylation sites is 2. The Balaban J connectivity index is 1.45. The van der Waals surface area contributed by atoms with Gasteiger partial charge in [-0.15, -0.1) is 0 Å². The molecule has 1 N–H and O–H groups in total. The molecule has 176 valence electrons. The summed E-state index contributed by atoms with van der Waals surface area (Å²) in [6, 6.07) is 19.3. The number of hydrogen-bond donors (Lipinski definition) is 1. The van der Waals surface area contributed by atoms with Gasteiger partial charge in [-0.3, -0.25) is 4.79 Å². The van der Waals surface area contributed by atoms with Gasteiger partial charge in [0.05, 0.1) is 12.8 Å². The Labute approximate surface area is 199 Å². The van der Waals surface area contributed by atoms with Crippen LogP contribution in [0.1, 0.15) is 18.0 Å². The summed E-state index contributed by atoms with van der Waals surface area (Å²) in [6.45, 7) is 1.83. The third-order valence-electron chi connectivity index (χ3n) is 6.92. The van der Waals surface area contributed by atoms with E-state index in [0.29, 0.717) is 31.1 Å². The van der Waals surface area contributed by atoms with Gasteiger partial charge in [-0.1, -0.05) is 24.3 Å². The van der Waals surface area contributed by atoms with Crippen molar-refractivity contribution in [1.29, 1.82) is 0 Å². The number of urea groups is 1. The average Bonchev–Trinajstić information content (AvgIpc) is 2.85. The van der Waals surface area contributed by atoms with Crippen LogP contribution in [0, 0.1) is 5.92 Å². The number of benzene rings is 2. The van der Waals surface area contributed by atoms with E-state index in [1.807, 2.05) is 53.9 Å². The monoisotopic (exact) mass is 458 g/mol. The summed E-state index contributed by atoms with van der Waals surface area (Å²) in [5.74, 6) is 0.987. The summed E-state index contributed by atoms with van der Waals surface area (Å²) < 4.78 is 7.32. The first-order chi connectivity index (χ1) is 16.4. The summed E-state index contributed by atoms with van der Waals surface area (Å²) in [4.78, 5) is 29.9. The topological polar surface area (TPSA) is 66.8 Å². The van der Waals surface area contributed by atoms with Gasteiger partial charge < -0.3 is 24.4 Å². The van der Waals surface area contributed by atoms with E-state index >= 15 is 0 Å². The summed E-state index contributed by atoms with van der Waals surface area (Å²) in [5, 5.41) is 3.01. The largest absolute Gasteiger partial charge is 0.495 e. The normalized spacial score (nSPS) is 18.7. The predicted octanol–water partition coefficient (Wildman–Crippen LogP) is 4.24. The Kier molecular flexibility index (Phi) is 5.77. The third kappa shape index (κ3) is 4.02. The van der Waals surface area contributed by atoms with Crippen molar-refractivity contribution >= 4 is 17.4 Å². The fraction of sp³-hybridized carbons (Fsp3) is 0.333. The van der Waals surface area contributed by atoms with Crippen LogP contribution in [0.5, 0.6) is 5.75 Å². The molecule has 7 heteroatoms. The third-order valence-corrected chi connectivity index (χ3v) is 6.92. The number of aromatic nitrogens is 1. The molecule has 0 aliphatic carbocycles. The quantitative estimate of drug-likeness (QED) is 0.635. The van der Waals surface area contributed by atoms with Crippen LogP contribution in [0.2, 0.25) is 0 Å². The fourth-order valence-corrected chi connectivity index (χ4v) is 5.31. The van der Waals surface area contributed by atoms with E-state index in [2.05, 4.69) is 34.5 Å². The van der Waals surface area contributed by atoms with Gasteiger partial charge in [0.15, 0.2) is 0 Å². The molecule has 2 aromatic carbocycles. The second-order valence-electron chi connectivity index (χ2n) is 9.36. The second kappa shape index (κ2) is 8.89. The summed E-state index contributed by atoms with van der Waals surface area (Å²) >= 11 is 0. The molecule has 5 rings (SSSR count). The van der Waals surface area contributed by atoms with Gasteiger partial charge in [0.25, 0.3) is 5.56 Å². The number of carbonyl (C=O) groups excluding carboxylic acids is 1. The number of amides is 2. The molecule has 1 aromatic heterocycles. The predicted molar refractivity (Wildman–Crippen MR) is 135 cm³/mol. The highest BCUT2D eigenvalue weighted by Gasteiger charge is 2.38. The number of methoxy groups -OCH3 is 1. The minimum Gasteiger partial charge on any atom is -0.495 e. The van der Waals surface area contributed by atoms with E-state index in [1.54, 1.807) is 13.2 Å². The zero-order valence-electron chi connectivity index (χ0n) is 19.8. The Morgan fingerprint density at radius 1 is 1.00 bits per heavy atom. The van der Waals surface area contributed by atoms with Crippen LogP contribution in [0.15, 0.2) is 65.5 Å². The lowest BCUT2D eigenvalue weighted by Gasteiger charge is -2.43. The van der Waals surface area contributed by atoms with Crippen LogP contribution < -0.4 is 20.5 Å². The molecule has 2 atom stereocenters. The number of piperidine rings is 1. The van der Waals surface area contributed by atoms with Crippen LogP contribution in [0.3, 0.4) is 0 Å². The molecule has 2 amide bonds. The molecule has 0 unspecified atom stereocenters. The fourth-order valence-electron chi connectivity index (χ4n) is 5.31. The molecule has 7 nitrogen and oxygen atoms in total. The zero-order valence-corrected chi connectivity index (χ0v) is 19.8. The first kappa shape index (κ1) is 22.1. The summed E-state index contributed by atoms with van der Waals surface area (Å²) in [7, 11) is 5.63. The van der Waals surface area contributed by atoms with Crippen molar-refractivity contribution in [1.82, 2.24) is 9.47 Å². The Bertz CT molecular complexity index is 1270. The maximum Gasteiger partial charge on any atom is 0.321 e. The Morgan fingerprint density at radius 3 is 2.50 bits per heavy atom. The van der Waals surface area contributed by atoms with Crippen LogP contribution in [0.25, 0.3) is 11.1 Å². The number of rotatable bonds is 4. The lowest BCUT2D eigenvalue weighted by Crippen LogP contribution is -2.50. The number of pyridine rings is 1. The molecule has 34 heavy (non-hydrogen) atoms. The van der Waals surface area contributed by atoms with Crippen molar-refractivity contribution in [3.63, 3.8) is 0 Å². The van der Waals surface area contributed by atoms with Gasteiger partial charge in [-0.25, -0.2) is 4.79 Å². The maximum atomic E-state index is 13.2. The smallest absolute Gasteiger partial charge is 0.321 e. The standard InChI is InChI=1S/C27H30N4O3/c1-29(2)21-10-8-19(9-11-21)22-12-13-25(32)31-16-18-14-20(26(22)31)17-30(15-18)27(33)28-23-6-4-5-7-24(23)34-3/h4-13,18,20H,14-17H2,1-3H3,(H,28,33)/t18-,20+/m0/s1. The summed E-state index contributed by atoms with van der Waals surface area (Å²) in [5.41, 5.74) is 5.01. The molecule has 1 saturated heterocycles. The molecule has 1 fully saturated rings. The first-order valence-electron chi connectivity index (χ1n) is 11.6. The molecule has 2 aliphatic heterocycles. The van der Waals surface area contributed by atoms with E-state index in [9.17, 15) is 9.59 Å². The Morgan fingerprint density at radius 2 is 1.76 bits per heavy atom. The molecule has 0 radical (unpaired) electrons. The number of nitrogens with one attached hydrogen (secondary N) is 1. The van der Waals surface area contributed by atoms with Gasteiger partial charge in [0.2, 0.25) is 0 Å². The highest BCUT2D eigenvalue weighted by molar-refractivity contribution is 5.91. The van der Waals surface area contributed by atoms with Crippen LogP contribution in [-0.2, 0) is 6.54 Å². The van der Waals surface area contributed by atoms with Crippen molar-refractivity contribution in [2.24, 2.45) is 5.92 Å². The van der Waals surface area contributed by atoms with E-state index in [4.69, 9.17) is 4.74 Å². The lowest BCUT2D eigenvalue weighted by molar-refractivity contribution is 0.140. The van der Waals surface area contributed by atoms with Crippen LogP contribution >= 0.6 is 0 Å². The van der Waals surface area contributed by atoms with Gasteiger partial charge in [0, 0.05) is 62.7 Å². The van der Waals surface area contributed by atoms with E-state index in [-0.39, 0.29) is 23.4 Å². The molecule has 3 aromatic rings. The van der Waals surface area contributed by atoms with Crippen molar-refractivity contribution in [3.05, 3.63) is 76.7 Å². The molecule has 0 spiro atoms. The van der Waals surface area contributed by atoms with E-state index in [0.717, 1.165) is 28.9 Å². The van der Waals surface area contributed by atoms with Gasteiger partial charge in [0.1, 0.15) is 5.75 Å². The van der Waals surface area contributed by atoms with Crippen molar-refractivity contribution in [2.75, 3.05) is 44.5 Å². The van der Waals surface area contributed by atoms with Crippen LogP contribution in [0.4, 0.5) is 16.2 Å². The molecule has 3 heterocycles. The van der Waals surface area contributed by atoms with Gasteiger partial charge >= 0.3 is 6.03 Å². The number of anilines is 2. The van der Waals surface area contributed by atoms with Crippen molar-refractivity contribution in [3.8, 4) is 16.9 Å². The molecular weight excluding hydrogens is 428 g/mol.